The Morgan fingerprint density at radius 2 is 1.89 bits per heavy atom. The number of hydrogen-bond donors (Lipinski definition) is 0. The summed E-state index contributed by atoms with van der Waals surface area (Å²) < 4.78 is 5.11. The van der Waals surface area contributed by atoms with E-state index >= 15 is 0 Å². The monoisotopic (exact) mass is 170 g/mol. The second-order valence-electron chi connectivity index (χ2n) is 1.83. The highest BCUT2D eigenvalue weighted by Crippen LogP contribution is 2.02. The highest BCUT2D eigenvalue weighted by Gasteiger charge is 2.03. The van der Waals surface area contributed by atoms with E-state index in [-0.39, 0.29) is 0 Å². The van der Waals surface area contributed by atoms with Gasteiger partial charge in [-0.2, -0.15) is 0 Å². The minimum Gasteiger partial charge on any atom is -0.381 e. The summed E-state index contributed by atoms with van der Waals surface area (Å²) in [5.74, 6) is 1.49. The van der Waals surface area contributed by atoms with E-state index in [9.17, 15) is 0 Å². The van der Waals surface area contributed by atoms with Crippen LogP contribution in [0.15, 0.2) is 0 Å². The topological polar surface area (TPSA) is 9.23 Å². The molecule has 0 aliphatic heterocycles. The predicted molar refractivity (Wildman–Crippen MR) is 41.4 cm³/mol. The van der Waals surface area contributed by atoms with Crippen molar-refractivity contribution in [3.63, 3.8) is 0 Å². The molecule has 0 atom stereocenters. The van der Waals surface area contributed by atoms with Gasteiger partial charge in [0.05, 0.1) is 6.61 Å². The highest BCUT2D eigenvalue weighted by molar-refractivity contribution is 6.20. The molecule has 9 heavy (non-hydrogen) atoms. The van der Waals surface area contributed by atoms with Gasteiger partial charge in [0.2, 0.25) is 0 Å². The van der Waals surface area contributed by atoms with Crippen molar-refractivity contribution in [2.24, 2.45) is 5.92 Å². The molecule has 0 aliphatic rings. The third-order valence-electron chi connectivity index (χ3n) is 0.994. The first-order chi connectivity index (χ1) is 4.35. The highest BCUT2D eigenvalue weighted by atomic mass is 35.5. The van der Waals surface area contributed by atoms with Gasteiger partial charge in [-0.25, -0.2) is 0 Å². The maximum absolute atomic E-state index is 5.54. The molecular weight excluding hydrogens is 159 g/mol. The smallest absolute Gasteiger partial charge is 0.0516 e. The Morgan fingerprint density at radius 3 is 2.22 bits per heavy atom. The van der Waals surface area contributed by atoms with Crippen molar-refractivity contribution in [1.29, 1.82) is 0 Å². The molecule has 0 aromatic heterocycles. The van der Waals surface area contributed by atoms with Crippen LogP contribution in [0, 0.1) is 5.92 Å². The van der Waals surface area contributed by atoms with Crippen molar-refractivity contribution >= 4 is 23.2 Å². The van der Waals surface area contributed by atoms with Crippen LogP contribution in [0.1, 0.15) is 6.92 Å². The lowest BCUT2D eigenvalue weighted by atomic mass is 10.2. The molecule has 0 heterocycles. The van der Waals surface area contributed by atoms with E-state index in [1.165, 1.54) is 0 Å². The maximum Gasteiger partial charge on any atom is 0.0516 e. The summed E-state index contributed by atoms with van der Waals surface area (Å²) >= 11 is 11.1. The van der Waals surface area contributed by atoms with Crippen molar-refractivity contribution in [2.45, 2.75) is 6.92 Å². The molecule has 0 amide bonds. The molecule has 0 spiro atoms. The molecule has 0 rings (SSSR count). The zero-order valence-electron chi connectivity index (χ0n) is 5.57. The van der Waals surface area contributed by atoms with Crippen LogP contribution in [0.2, 0.25) is 0 Å². The summed E-state index contributed by atoms with van der Waals surface area (Å²) in [6, 6.07) is 0. The van der Waals surface area contributed by atoms with Gasteiger partial charge >= 0.3 is 0 Å². The second-order valence-corrected chi connectivity index (χ2v) is 2.45. The first-order valence-corrected chi connectivity index (χ1v) is 4.11. The molecule has 0 saturated heterocycles. The fourth-order valence-electron chi connectivity index (χ4n) is 0.415. The maximum atomic E-state index is 5.54. The predicted octanol–water partition coefficient (Wildman–Crippen LogP) is 2.12. The van der Waals surface area contributed by atoms with Gasteiger partial charge in [-0.3, -0.25) is 0 Å². The third-order valence-corrected chi connectivity index (χ3v) is 1.87. The Hall–Kier alpha value is 0.540. The number of ether oxygens (including phenoxy) is 1. The van der Waals surface area contributed by atoms with Crippen LogP contribution in [0.4, 0.5) is 0 Å². The van der Waals surface area contributed by atoms with E-state index < -0.39 is 0 Å². The SMILES string of the molecule is CCOCC(CCl)CCl. The van der Waals surface area contributed by atoms with E-state index in [0.717, 1.165) is 6.61 Å². The Kier molecular flexibility index (Phi) is 7.06. The average molecular weight is 171 g/mol. The van der Waals surface area contributed by atoms with Gasteiger partial charge in [-0.05, 0) is 6.92 Å². The van der Waals surface area contributed by atoms with E-state index in [0.29, 0.717) is 24.3 Å². The molecule has 3 heteroatoms. The summed E-state index contributed by atoms with van der Waals surface area (Å²) in [4.78, 5) is 0. The molecule has 56 valence electrons. The van der Waals surface area contributed by atoms with Gasteiger partial charge in [0, 0.05) is 24.3 Å². The summed E-state index contributed by atoms with van der Waals surface area (Å²) in [6.45, 7) is 3.38. The van der Waals surface area contributed by atoms with Gasteiger partial charge in [0.25, 0.3) is 0 Å². The first-order valence-electron chi connectivity index (χ1n) is 3.04. The standard InChI is InChI=1S/C6H12Cl2O/c1-2-9-5-6(3-7)4-8/h6H,2-5H2,1H3. The van der Waals surface area contributed by atoms with Crippen LogP contribution in [0.3, 0.4) is 0 Å². The minimum atomic E-state index is 0.313. The third kappa shape index (κ3) is 5.01. The Morgan fingerprint density at radius 1 is 1.33 bits per heavy atom. The Bertz CT molecular complexity index is 55.0. The molecule has 0 bridgehead atoms. The van der Waals surface area contributed by atoms with E-state index in [1.807, 2.05) is 6.92 Å². The lowest BCUT2D eigenvalue weighted by Gasteiger charge is -2.08. The Balaban J connectivity index is 3.09. The molecule has 0 N–H and O–H groups in total. The van der Waals surface area contributed by atoms with E-state index in [2.05, 4.69) is 0 Å². The molecule has 0 fully saturated rings. The van der Waals surface area contributed by atoms with Crippen LogP contribution in [-0.4, -0.2) is 25.0 Å². The molecule has 0 saturated carbocycles. The second kappa shape index (κ2) is 6.66. The summed E-state index contributed by atoms with van der Waals surface area (Å²) in [7, 11) is 0. The van der Waals surface area contributed by atoms with Gasteiger partial charge in [-0.15, -0.1) is 23.2 Å². The molecule has 0 radical (unpaired) electrons. The number of rotatable bonds is 5. The minimum absolute atomic E-state index is 0.313. The lowest BCUT2D eigenvalue weighted by molar-refractivity contribution is 0.123. The van der Waals surface area contributed by atoms with Gasteiger partial charge in [0.15, 0.2) is 0 Å². The molecule has 0 aliphatic carbocycles. The van der Waals surface area contributed by atoms with Crippen molar-refractivity contribution in [3.05, 3.63) is 0 Å². The van der Waals surface area contributed by atoms with E-state index in [4.69, 9.17) is 27.9 Å². The van der Waals surface area contributed by atoms with Crippen LogP contribution in [0.5, 0.6) is 0 Å². The van der Waals surface area contributed by atoms with Gasteiger partial charge in [-0.1, -0.05) is 0 Å². The van der Waals surface area contributed by atoms with E-state index in [1.54, 1.807) is 0 Å². The first kappa shape index (κ1) is 9.54. The summed E-state index contributed by atoms with van der Waals surface area (Å²) in [5.41, 5.74) is 0. The van der Waals surface area contributed by atoms with Crippen LogP contribution < -0.4 is 0 Å². The fourth-order valence-corrected chi connectivity index (χ4v) is 0.923. The number of hydrogen-bond acceptors (Lipinski definition) is 1. The van der Waals surface area contributed by atoms with Gasteiger partial charge < -0.3 is 4.74 Å². The zero-order chi connectivity index (χ0) is 7.11. The zero-order valence-corrected chi connectivity index (χ0v) is 7.08. The molecule has 0 aromatic carbocycles. The summed E-state index contributed by atoms with van der Waals surface area (Å²) in [5, 5.41) is 0. The largest absolute Gasteiger partial charge is 0.381 e. The van der Waals surface area contributed by atoms with Crippen LogP contribution in [-0.2, 0) is 4.74 Å². The normalized spacial score (nSPS) is 10.7. The van der Waals surface area contributed by atoms with Crippen LogP contribution in [0.25, 0.3) is 0 Å². The van der Waals surface area contributed by atoms with Crippen LogP contribution >= 0.6 is 23.2 Å². The Labute approximate surface area is 66.3 Å². The summed E-state index contributed by atoms with van der Waals surface area (Å²) in [6.07, 6.45) is 0. The van der Waals surface area contributed by atoms with Crippen molar-refractivity contribution in [2.75, 3.05) is 25.0 Å². The number of halogens is 2. The van der Waals surface area contributed by atoms with Crippen molar-refractivity contribution in [1.82, 2.24) is 0 Å². The molecule has 1 nitrogen and oxygen atoms in total. The molecule has 0 unspecified atom stereocenters. The lowest BCUT2D eigenvalue weighted by Crippen LogP contribution is -2.12. The van der Waals surface area contributed by atoms with Gasteiger partial charge in [0.1, 0.15) is 0 Å². The molecular formula is C6H12Cl2O. The average Bonchev–Trinajstić information content (AvgIpc) is 1.91. The van der Waals surface area contributed by atoms with Crippen molar-refractivity contribution < 1.29 is 4.74 Å². The molecule has 0 aromatic rings. The quantitative estimate of drug-likeness (QED) is 0.575. The number of alkyl halides is 2. The van der Waals surface area contributed by atoms with Crippen molar-refractivity contribution in [3.8, 4) is 0 Å². The fraction of sp³-hybridized carbons (Fsp3) is 1.00.